The Morgan fingerprint density at radius 3 is 2.20 bits per heavy atom. The van der Waals surface area contributed by atoms with Gasteiger partial charge in [-0.1, -0.05) is 0 Å². The van der Waals surface area contributed by atoms with Crippen LogP contribution >= 0.6 is 0 Å². The van der Waals surface area contributed by atoms with Gasteiger partial charge in [-0.05, 0) is 13.8 Å². The Labute approximate surface area is 61.6 Å². The van der Waals surface area contributed by atoms with Gasteiger partial charge in [0.1, 0.15) is 0 Å². The Hall–Kier alpha value is -0.440. The van der Waals surface area contributed by atoms with Gasteiger partial charge in [0.2, 0.25) is 13.1 Å². The molecule has 58 valence electrons. The lowest BCUT2D eigenvalue weighted by molar-refractivity contribution is -0.560. The minimum Gasteiger partial charge on any atom is -0.288 e. The molecule has 0 aromatic rings. The number of nitroso groups, excluding NO2 is 1. The van der Waals surface area contributed by atoms with Crippen LogP contribution in [0.3, 0.4) is 0 Å². The highest BCUT2D eigenvalue weighted by atomic mass is 16.3. The summed E-state index contributed by atoms with van der Waals surface area (Å²) < 4.78 is 1.14. The Morgan fingerprint density at radius 1 is 1.30 bits per heavy atom. The lowest BCUT2D eigenvalue weighted by atomic mass is 10.3. The molecule has 0 radical (unpaired) electrons. The van der Waals surface area contributed by atoms with Crippen LogP contribution in [0.2, 0.25) is 0 Å². The molecule has 0 aromatic carbocycles. The van der Waals surface area contributed by atoms with Crippen LogP contribution in [0.25, 0.3) is 0 Å². The Morgan fingerprint density at radius 2 is 1.80 bits per heavy atom. The van der Waals surface area contributed by atoms with Crippen LogP contribution in [-0.4, -0.2) is 41.9 Å². The highest BCUT2D eigenvalue weighted by Gasteiger charge is 2.22. The molecule has 1 saturated heterocycles. The molecule has 0 aliphatic carbocycles. The Bertz CT molecular complexity index is 124. The van der Waals surface area contributed by atoms with Gasteiger partial charge in [-0.25, -0.2) is 0 Å². The van der Waals surface area contributed by atoms with Crippen LogP contribution < -0.4 is 0 Å². The van der Waals surface area contributed by atoms with E-state index in [0.29, 0.717) is 19.1 Å². The molecule has 3 nitrogen and oxygen atoms in total. The van der Waals surface area contributed by atoms with Gasteiger partial charge in [-0.15, -0.1) is 0 Å². The summed E-state index contributed by atoms with van der Waals surface area (Å²) in [6.45, 7) is 7.56. The quantitative estimate of drug-likeness (QED) is 0.499. The molecule has 0 amide bonds. The van der Waals surface area contributed by atoms with Crippen molar-refractivity contribution in [3.05, 3.63) is 4.91 Å². The first-order valence-corrected chi connectivity index (χ1v) is 3.86. The number of hydrogen-bond acceptors (Lipinski definition) is 2. The van der Waals surface area contributed by atoms with E-state index in [2.05, 4.69) is 18.7 Å². The zero-order valence-electron chi connectivity index (χ0n) is 6.71. The molecule has 3 heteroatoms. The molecule has 1 fully saturated rings. The zero-order valence-corrected chi connectivity index (χ0v) is 6.71. The molecule has 1 heterocycles. The molecule has 0 unspecified atom stereocenters. The fourth-order valence-electron chi connectivity index (χ4n) is 1.22. The minimum absolute atomic E-state index is 0.591. The van der Waals surface area contributed by atoms with Gasteiger partial charge in [0.25, 0.3) is 0 Å². The first-order valence-electron chi connectivity index (χ1n) is 3.86. The SMILES string of the molecule is CC(C)N1CC[N+](=O)CC1. The van der Waals surface area contributed by atoms with E-state index in [9.17, 15) is 4.91 Å². The Balaban J connectivity index is 2.33. The molecule has 0 spiro atoms. The normalized spacial score (nSPS) is 22.1. The van der Waals surface area contributed by atoms with E-state index in [1.165, 1.54) is 0 Å². The first-order chi connectivity index (χ1) is 4.70. The number of nitrogens with zero attached hydrogens (tertiary/aromatic N) is 2. The van der Waals surface area contributed by atoms with Crippen molar-refractivity contribution in [2.24, 2.45) is 0 Å². The molecule has 0 aromatic heterocycles. The van der Waals surface area contributed by atoms with Crippen molar-refractivity contribution in [3.63, 3.8) is 0 Å². The van der Waals surface area contributed by atoms with Crippen LogP contribution in [0.5, 0.6) is 0 Å². The second-order valence-electron chi connectivity index (χ2n) is 3.06. The van der Waals surface area contributed by atoms with Crippen LogP contribution in [0.1, 0.15) is 13.8 Å². The lowest BCUT2D eigenvalue weighted by Crippen LogP contribution is -2.44. The number of rotatable bonds is 1. The summed E-state index contributed by atoms with van der Waals surface area (Å²) in [4.78, 5) is 13.0. The topological polar surface area (TPSA) is 23.3 Å². The molecular formula is C7H15N2O+. The summed E-state index contributed by atoms with van der Waals surface area (Å²) >= 11 is 0. The smallest absolute Gasteiger partial charge is 0.204 e. The van der Waals surface area contributed by atoms with Gasteiger partial charge in [-0.3, -0.25) is 4.90 Å². The van der Waals surface area contributed by atoms with Gasteiger partial charge in [-0.2, -0.15) is 0 Å². The van der Waals surface area contributed by atoms with Gasteiger partial charge < -0.3 is 0 Å². The summed E-state index contributed by atoms with van der Waals surface area (Å²) in [6.07, 6.45) is 0. The van der Waals surface area contributed by atoms with Crippen molar-refractivity contribution in [1.82, 2.24) is 4.90 Å². The monoisotopic (exact) mass is 143 g/mol. The second kappa shape index (κ2) is 3.10. The van der Waals surface area contributed by atoms with Crippen LogP contribution in [0, 0.1) is 4.91 Å². The van der Waals surface area contributed by atoms with Crippen molar-refractivity contribution >= 4 is 0 Å². The van der Waals surface area contributed by atoms with E-state index >= 15 is 0 Å². The largest absolute Gasteiger partial charge is 0.288 e. The van der Waals surface area contributed by atoms with Crippen molar-refractivity contribution in [2.45, 2.75) is 19.9 Å². The first kappa shape index (κ1) is 7.66. The van der Waals surface area contributed by atoms with E-state index in [0.717, 1.165) is 17.8 Å². The summed E-state index contributed by atoms with van der Waals surface area (Å²) in [7, 11) is 0. The standard InChI is InChI=1S/C7H15N2O/c1-7(2)8-3-5-9(10)6-4-8/h7H,3-6H2,1-2H3/q+1. The summed E-state index contributed by atoms with van der Waals surface area (Å²) in [5, 5.41) is 0. The predicted octanol–water partition coefficient (Wildman–Crippen LogP) is 0.489. The van der Waals surface area contributed by atoms with Crippen LogP contribution in [-0.2, 0) is 0 Å². The summed E-state index contributed by atoms with van der Waals surface area (Å²) in [6, 6.07) is 0.591. The van der Waals surface area contributed by atoms with Gasteiger partial charge in [0, 0.05) is 15.7 Å². The molecule has 0 bridgehead atoms. The van der Waals surface area contributed by atoms with Crippen LogP contribution in [0.4, 0.5) is 0 Å². The lowest BCUT2D eigenvalue weighted by Gasteiger charge is -2.25. The van der Waals surface area contributed by atoms with Gasteiger partial charge in [0.15, 0.2) is 0 Å². The highest BCUT2D eigenvalue weighted by Crippen LogP contribution is 2.00. The third kappa shape index (κ3) is 1.77. The summed E-state index contributed by atoms with van der Waals surface area (Å²) in [5.74, 6) is 0. The fourth-order valence-corrected chi connectivity index (χ4v) is 1.22. The zero-order chi connectivity index (χ0) is 7.56. The second-order valence-corrected chi connectivity index (χ2v) is 3.06. The molecule has 10 heavy (non-hydrogen) atoms. The van der Waals surface area contributed by atoms with Gasteiger partial charge in [0.05, 0.1) is 13.1 Å². The van der Waals surface area contributed by atoms with Crippen LogP contribution in [0.15, 0.2) is 0 Å². The average molecular weight is 143 g/mol. The van der Waals surface area contributed by atoms with Crippen molar-refractivity contribution in [3.8, 4) is 0 Å². The van der Waals surface area contributed by atoms with E-state index in [-0.39, 0.29) is 0 Å². The molecule has 0 saturated carbocycles. The van der Waals surface area contributed by atoms with Crippen molar-refractivity contribution in [2.75, 3.05) is 26.2 Å². The third-order valence-electron chi connectivity index (χ3n) is 2.00. The molecule has 1 aliphatic heterocycles. The van der Waals surface area contributed by atoms with Gasteiger partial charge >= 0.3 is 0 Å². The maximum absolute atomic E-state index is 10.7. The van der Waals surface area contributed by atoms with E-state index in [1.54, 1.807) is 0 Å². The van der Waals surface area contributed by atoms with E-state index < -0.39 is 0 Å². The molecule has 0 atom stereocenters. The molecular weight excluding hydrogens is 128 g/mol. The number of piperazine rings is 1. The van der Waals surface area contributed by atoms with E-state index in [4.69, 9.17) is 0 Å². The third-order valence-corrected chi connectivity index (χ3v) is 2.00. The predicted molar refractivity (Wildman–Crippen MR) is 40.1 cm³/mol. The fraction of sp³-hybridized carbons (Fsp3) is 1.00. The molecule has 0 N–H and O–H groups in total. The highest BCUT2D eigenvalue weighted by molar-refractivity contribution is 4.63. The van der Waals surface area contributed by atoms with Crippen molar-refractivity contribution in [1.29, 1.82) is 0 Å². The Kier molecular flexibility index (Phi) is 2.38. The maximum atomic E-state index is 10.7. The van der Waals surface area contributed by atoms with E-state index in [1.807, 2.05) is 0 Å². The van der Waals surface area contributed by atoms with Crippen molar-refractivity contribution < 1.29 is 4.76 Å². The maximum Gasteiger partial charge on any atom is 0.204 e. The number of hydrogen-bond donors (Lipinski definition) is 0. The summed E-state index contributed by atoms with van der Waals surface area (Å²) in [5.41, 5.74) is 0. The molecule has 1 aliphatic rings. The average Bonchev–Trinajstić information content (AvgIpc) is 1.88. The minimum atomic E-state index is 0.591. The molecule has 1 rings (SSSR count).